The molecule has 0 aliphatic heterocycles. The number of hydrogen-bond acceptors (Lipinski definition) is 5. The maximum atomic E-state index is 12.9. The Labute approximate surface area is 164 Å². The second-order valence-corrected chi connectivity index (χ2v) is 6.42. The van der Waals surface area contributed by atoms with Crippen molar-refractivity contribution in [2.75, 3.05) is 0 Å². The van der Waals surface area contributed by atoms with Gasteiger partial charge in [0.1, 0.15) is 5.69 Å². The molecule has 29 heavy (non-hydrogen) atoms. The van der Waals surface area contributed by atoms with Crippen molar-refractivity contribution in [1.29, 1.82) is 0 Å². The van der Waals surface area contributed by atoms with Gasteiger partial charge in [0, 0.05) is 10.8 Å². The van der Waals surface area contributed by atoms with E-state index in [-0.39, 0.29) is 11.6 Å². The fraction of sp³-hybridized carbons (Fsp3) is 0. The number of carbonyl (C=O) groups is 1. The molecule has 140 valence electrons. The second-order valence-electron chi connectivity index (χ2n) is 6.42. The van der Waals surface area contributed by atoms with Crippen LogP contribution in [0, 0.1) is 0 Å². The quantitative estimate of drug-likeness (QED) is 0.396. The Kier molecular flexibility index (Phi) is 3.91. The summed E-state index contributed by atoms with van der Waals surface area (Å²) in [5, 5.41) is 19.3. The van der Waals surface area contributed by atoms with Gasteiger partial charge in [-0.05, 0) is 30.3 Å². The molecule has 0 aliphatic carbocycles. The molecule has 0 saturated heterocycles. The van der Waals surface area contributed by atoms with Crippen molar-refractivity contribution >= 4 is 33.4 Å². The van der Waals surface area contributed by atoms with E-state index in [1.54, 1.807) is 36.6 Å². The number of benzene rings is 2. The smallest absolute Gasteiger partial charge is 0.296 e. The minimum atomic E-state index is -0.541. The Hall–Kier alpha value is -4.26. The van der Waals surface area contributed by atoms with Crippen LogP contribution in [0.2, 0.25) is 0 Å². The lowest BCUT2D eigenvalue weighted by Crippen LogP contribution is -1.98. The predicted molar refractivity (Wildman–Crippen MR) is 108 cm³/mol. The maximum absolute atomic E-state index is 12.9. The fourth-order valence-corrected chi connectivity index (χ4v) is 3.27. The molecule has 0 radical (unpaired) electrons. The third-order valence-electron chi connectivity index (χ3n) is 4.62. The lowest BCUT2D eigenvalue weighted by Gasteiger charge is -2.05. The van der Waals surface area contributed by atoms with Crippen LogP contribution in [-0.4, -0.2) is 21.0 Å². The van der Waals surface area contributed by atoms with Gasteiger partial charge in [-0.1, -0.05) is 36.4 Å². The Morgan fingerprint density at radius 1 is 1.00 bits per heavy atom. The molecular weight excluding hydrogens is 368 g/mol. The van der Waals surface area contributed by atoms with E-state index in [2.05, 4.69) is 20.2 Å². The number of para-hydroxylation sites is 2. The summed E-state index contributed by atoms with van der Waals surface area (Å²) >= 11 is 0. The number of pyridine rings is 1. The van der Waals surface area contributed by atoms with Gasteiger partial charge in [0.25, 0.3) is 5.91 Å². The van der Waals surface area contributed by atoms with E-state index in [1.165, 1.54) is 0 Å². The van der Waals surface area contributed by atoms with E-state index in [4.69, 9.17) is 4.42 Å². The highest BCUT2D eigenvalue weighted by Gasteiger charge is 2.16. The van der Waals surface area contributed by atoms with Gasteiger partial charge in [-0.15, -0.1) is 10.2 Å². The molecule has 0 fully saturated rings. The number of nitrogens with zero attached hydrogens (tertiary/aromatic N) is 3. The molecule has 7 nitrogen and oxygen atoms in total. The van der Waals surface area contributed by atoms with Gasteiger partial charge in [-0.3, -0.25) is 4.79 Å². The average molecular weight is 382 g/mol. The number of aromatic amines is 1. The van der Waals surface area contributed by atoms with Crippen LogP contribution in [0.15, 0.2) is 87.6 Å². The van der Waals surface area contributed by atoms with Gasteiger partial charge in [-0.25, -0.2) is 4.98 Å². The lowest BCUT2D eigenvalue weighted by atomic mass is 10.1. The van der Waals surface area contributed by atoms with Gasteiger partial charge in [0.15, 0.2) is 11.4 Å². The molecule has 0 saturated carbocycles. The summed E-state index contributed by atoms with van der Waals surface area (Å²) in [6.45, 7) is 0. The predicted octanol–water partition coefficient (Wildman–Crippen LogP) is 5.61. The first-order valence-corrected chi connectivity index (χ1v) is 8.90. The van der Waals surface area contributed by atoms with Gasteiger partial charge >= 0.3 is 0 Å². The lowest BCUT2D eigenvalue weighted by molar-refractivity contribution is 0.0996. The fourth-order valence-electron chi connectivity index (χ4n) is 3.27. The number of fused-ring (bicyclic) bond motifs is 2. The summed E-state index contributed by atoms with van der Waals surface area (Å²) in [4.78, 5) is 20.3. The zero-order valence-electron chi connectivity index (χ0n) is 15.0. The minimum absolute atomic E-state index is 0.140. The Morgan fingerprint density at radius 3 is 2.62 bits per heavy atom. The summed E-state index contributed by atoms with van der Waals surface area (Å²) in [7, 11) is 0. The van der Waals surface area contributed by atoms with Crippen molar-refractivity contribution < 1.29 is 14.3 Å². The summed E-state index contributed by atoms with van der Waals surface area (Å²) in [6.07, 6.45) is 1.55. The van der Waals surface area contributed by atoms with E-state index in [0.29, 0.717) is 38.8 Å². The Morgan fingerprint density at radius 2 is 1.79 bits per heavy atom. The second kappa shape index (κ2) is 6.72. The van der Waals surface area contributed by atoms with Crippen LogP contribution in [0.4, 0.5) is 5.69 Å². The van der Waals surface area contributed by atoms with Crippen LogP contribution in [0.25, 0.3) is 33.3 Å². The van der Waals surface area contributed by atoms with Crippen molar-refractivity contribution in [3.63, 3.8) is 0 Å². The standard InChI is InChI=1S/C22H14N4O3/c27-21(26-25-20-14-7-2-4-9-17(14)24-22(20)28)15-12-18(19-10-5-11-29-19)23-16-8-3-1-6-13(15)16/h1-12,24,28H. The van der Waals surface area contributed by atoms with Crippen LogP contribution in [0.3, 0.4) is 0 Å². The number of aromatic hydroxyl groups is 1. The first-order chi connectivity index (χ1) is 14.2. The monoisotopic (exact) mass is 382 g/mol. The van der Waals surface area contributed by atoms with E-state index in [1.807, 2.05) is 36.4 Å². The molecule has 3 heterocycles. The highest BCUT2D eigenvalue weighted by molar-refractivity contribution is 6.07. The molecule has 0 spiro atoms. The molecule has 0 bridgehead atoms. The molecule has 5 aromatic rings. The topological polar surface area (TPSA) is 104 Å². The zero-order valence-corrected chi connectivity index (χ0v) is 15.0. The number of furan rings is 1. The van der Waals surface area contributed by atoms with Crippen LogP contribution in [0.5, 0.6) is 5.88 Å². The molecule has 0 unspecified atom stereocenters. The molecule has 2 N–H and O–H groups in total. The van der Waals surface area contributed by atoms with Crippen molar-refractivity contribution in [3.05, 3.63) is 78.6 Å². The van der Waals surface area contributed by atoms with Gasteiger partial charge in [-0.2, -0.15) is 0 Å². The largest absolute Gasteiger partial charge is 0.493 e. The number of H-pyrrole nitrogens is 1. The summed E-state index contributed by atoms with van der Waals surface area (Å²) in [6, 6.07) is 19.7. The normalized spacial score (nSPS) is 11.6. The molecule has 0 atom stereocenters. The Bertz CT molecular complexity index is 1380. The van der Waals surface area contributed by atoms with Crippen molar-refractivity contribution in [3.8, 4) is 17.3 Å². The van der Waals surface area contributed by atoms with Gasteiger partial charge in [0.2, 0.25) is 5.88 Å². The van der Waals surface area contributed by atoms with E-state index in [0.717, 1.165) is 0 Å². The highest BCUT2D eigenvalue weighted by atomic mass is 16.3. The van der Waals surface area contributed by atoms with Crippen molar-refractivity contribution in [2.24, 2.45) is 10.2 Å². The number of azo groups is 1. The number of carbonyl (C=O) groups excluding carboxylic acids is 1. The van der Waals surface area contributed by atoms with E-state index in [9.17, 15) is 9.90 Å². The summed E-state index contributed by atoms with van der Waals surface area (Å²) in [5.41, 5.74) is 2.46. The Balaban J connectivity index is 1.60. The summed E-state index contributed by atoms with van der Waals surface area (Å²) < 4.78 is 5.42. The molecule has 1 amide bonds. The van der Waals surface area contributed by atoms with Gasteiger partial charge in [0.05, 0.1) is 22.9 Å². The third kappa shape index (κ3) is 2.94. The summed E-state index contributed by atoms with van der Waals surface area (Å²) in [5.74, 6) is -0.129. The number of hydrogen-bond donors (Lipinski definition) is 2. The SMILES string of the molecule is O=C(N=Nc1c(O)[nH]c2ccccc12)c1cc(-c2ccco2)nc2ccccc12. The van der Waals surface area contributed by atoms with Crippen LogP contribution < -0.4 is 0 Å². The van der Waals surface area contributed by atoms with Gasteiger partial charge < -0.3 is 14.5 Å². The van der Waals surface area contributed by atoms with Crippen molar-refractivity contribution in [2.45, 2.75) is 0 Å². The highest BCUT2D eigenvalue weighted by Crippen LogP contribution is 2.35. The number of aromatic nitrogens is 2. The van der Waals surface area contributed by atoms with Crippen LogP contribution in [-0.2, 0) is 0 Å². The zero-order chi connectivity index (χ0) is 19.8. The van der Waals surface area contributed by atoms with E-state index >= 15 is 0 Å². The average Bonchev–Trinajstić information content (AvgIpc) is 3.39. The minimum Gasteiger partial charge on any atom is -0.493 e. The molecule has 3 aromatic heterocycles. The molecule has 7 heteroatoms. The molecule has 2 aromatic carbocycles. The molecule has 0 aliphatic rings. The molecule has 5 rings (SSSR count). The molecular formula is C22H14N4O3. The van der Waals surface area contributed by atoms with Crippen LogP contribution in [0.1, 0.15) is 10.4 Å². The maximum Gasteiger partial charge on any atom is 0.296 e. The van der Waals surface area contributed by atoms with Crippen molar-refractivity contribution in [1.82, 2.24) is 9.97 Å². The number of nitrogens with one attached hydrogen (secondary N) is 1. The first kappa shape index (κ1) is 16.9. The van der Waals surface area contributed by atoms with Crippen LogP contribution >= 0.6 is 0 Å². The first-order valence-electron chi connectivity index (χ1n) is 8.90. The third-order valence-corrected chi connectivity index (χ3v) is 4.62. The van der Waals surface area contributed by atoms with E-state index < -0.39 is 5.91 Å². The number of rotatable bonds is 3. The number of amides is 1.